The predicted octanol–water partition coefficient (Wildman–Crippen LogP) is 3.79. The van der Waals surface area contributed by atoms with E-state index >= 15 is 0 Å². The van der Waals surface area contributed by atoms with E-state index in [1.54, 1.807) is 29.2 Å². The Morgan fingerprint density at radius 3 is 2.87 bits per heavy atom. The second-order valence-corrected chi connectivity index (χ2v) is 5.73. The number of pyridine rings is 1. The third-order valence-corrected chi connectivity index (χ3v) is 4.13. The number of imidazole rings is 1. The summed E-state index contributed by atoms with van der Waals surface area (Å²) in [7, 11) is 0. The predicted molar refractivity (Wildman–Crippen MR) is 83.8 cm³/mol. The van der Waals surface area contributed by atoms with Gasteiger partial charge in [-0.05, 0) is 42.5 Å². The summed E-state index contributed by atoms with van der Waals surface area (Å²) in [5.41, 5.74) is 2.23. The zero-order chi connectivity index (χ0) is 16.0. The van der Waals surface area contributed by atoms with E-state index in [2.05, 4.69) is 10.3 Å². The Morgan fingerprint density at radius 1 is 1.35 bits per heavy atom. The molecule has 3 aromatic rings. The highest BCUT2D eigenvalue weighted by Crippen LogP contribution is 2.41. The molecule has 0 radical (unpaired) electrons. The molecular formula is C17H14FN3O2. The fourth-order valence-corrected chi connectivity index (χ4v) is 2.74. The van der Waals surface area contributed by atoms with E-state index in [0.29, 0.717) is 17.1 Å². The fraction of sp³-hybridized carbons (Fsp3) is 0.176. The van der Waals surface area contributed by atoms with Crippen LogP contribution in [0.1, 0.15) is 34.7 Å². The molecule has 116 valence electrons. The van der Waals surface area contributed by atoms with Crippen LogP contribution in [0.3, 0.4) is 0 Å². The molecule has 0 saturated heterocycles. The highest BCUT2D eigenvalue weighted by atomic mass is 19.1. The number of carboxylic acid groups (broad SMARTS) is 1. The Morgan fingerprint density at radius 2 is 2.17 bits per heavy atom. The molecule has 6 heteroatoms. The number of aromatic carboxylic acids is 1. The van der Waals surface area contributed by atoms with Gasteiger partial charge in [0.25, 0.3) is 0 Å². The third kappa shape index (κ3) is 2.42. The average molecular weight is 311 g/mol. The van der Waals surface area contributed by atoms with Crippen LogP contribution in [0, 0.1) is 5.82 Å². The Kier molecular flexibility index (Phi) is 3.04. The molecule has 0 aliphatic heterocycles. The van der Waals surface area contributed by atoms with Crippen molar-refractivity contribution in [1.29, 1.82) is 0 Å². The second-order valence-electron chi connectivity index (χ2n) is 5.73. The van der Waals surface area contributed by atoms with Crippen molar-refractivity contribution in [3.05, 3.63) is 59.9 Å². The average Bonchev–Trinajstić information content (AvgIpc) is 3.26. The van der Waals surface area contributed by atoms with Gasteiger partial charge < -0.3 is 14.8 Å². The Bertz CT molecular complexity index is 915. The van der Waals surface area contributed by atoms with Crippen LogP contribution in [0.5, 0.6) is 0 Å². The molecule has 1 saturated carbocycles. The van der Waals surface area contributed by atoms with E-state index in [1.807, 2.05) is 6.07 Å². The van der Waals surface area contributed by atoms with Crippen molar-refractivity contribution in [2.45, 2.75) is 18.8 Å². The maximum Gasteiger partial charge on any atom is 0.337 e. The van der Waals surface area contributed by atoms with E-state index in [1.165, 1.54) is 12.1 Å². The zero-order valence-electron chi connectivity index (χ0n) is 12.2. The molecule has 0 unspecified atom stereocenters. The molecule has 5 nitrogen and oxygen atoms in total. The number of carbonyl (C=O) groups is 1. The SMILES string of the molecule is O=C(O)c1ccn2cncc2c1Nc1ccc(C2CC2)cc1F. The van der Waals surface area contributed by atoms with Gasteiger partial charge in [0.2, 0.25) is 0 Å². The van der Waals surface area contributed by atoms with Gasteiger partial charge in [0.05, 0.1) is 35.0 Å². The van der Waals surface area contributed by atoms with Crippen LogP contribution in [0.25, 0.3) is 5.52 Å². The molecule has 0 atom stereocenters. The number of nitrogens with one attached hydrogen (secondary N) is 1. The Balaban J connectivity index is 1.78. The van der Waals surface area contributed by atoms with Gasteiger partial charge in [-0.2, -0.15) is 0 Å². The molecule has 0 bridgehead atoms. The smallest absolute Gasteiger partial charge is 0.337 e. The monoisotopic (exact) mass is 311 g/mol. The summed E-state index contributed by atoms with van der Waals surface area (Å²) < 4.78 is 16.0. The molecular weight excluding hydrogens is 297 g/mol. The van der Waals surface area contributed by atoms with Gasteiger partial charge in [0.15, 0.2) is 0 Å². The van der Waals surface area contributed by atoms with Crippen molar-refractivity contribution >= 4 is 22.9 Å². The summed E-state index contributed by atoms with van der Waals surface area (Å²) in [6.45, 7) is 0. The lowest BCUT2D eigenvalue weighted by atomic mass is 10.1. The van der Waals surface area contributed by atoms with Crippen LogP contribution in [0.15, 0.2) is 43.0 Å². The van der Waals surface area contributed by atoms with Crippen LogP contribution >= 0.6 is 0 Å². The maximum atomic E-state index is 14.4. The molecule has 1 fully saturated rings. The lowest BCUT2D eigenvalue weighted by Crippen LogP contribution is -2.06. The van der Waals surface area contributed by atoms with E-state index in [-0.39, 0.29) is 17.1 Å². The molecule has 2 aromatic heterocycles. The van der Waals surface area contributed by atoms with E-state index < -0.39 is 5.97 Å². The number of hydrogen-bond donors (Lipinski definition) is 2. The number of rotatable bonds is 4. The first-order valence-corrected chi connectivity index (χ1v) is 7.38. The van der Waals surface area contributed by atoms with Gasteiger partial charge in [0.1, 0.15) is 5.82 Å². The standard InChI is InChI=1S/C17H14FN3O2/c18-13-7-11(10-1-2-10)3-4-14(13)20-16-12(17(22)23)5-6-21-9-19-8-15(16)21/h3-10,20H,1-2H2,(H,22,23). The number of anilines is 2. The topological polar surface area (TPSA) is 66.6 Å². The number of carboxylic acids is 1. The first-order valence-electron chi connectivity index (χ1n) is 7.38. The maximum absolute atomic E-state index is 14.4. The van der Waals surface area contributed by atoms with Gasteiger partial charge in [-0.1, -0.05) is 6.07 Å². The molecule has 4 rings (SSSR count). The summed E-state index contributed by atoms with van der Waals surface area (Å²) in [5, 5.41) is 12.3. The summed E-state index contributed by atoms with van der Waals surface area (Å²) in [6.07, 6.45) is 6.93. The number of halogens is 1. The van der Waals surface area contributed by atoms with Gasteiger partial charge in [0, 0.05) is 6.20 Å². The first-order chi connectivity index (χ1) is 11.1. The normalized spacial score (nSPS) is 14.1. The van der Waals surface area contributed by atoms with Crippen molar-refractivity contribution in [3.8, 4) is 0 Å². The minimum absolute atomic E-state index is 0.0728. The van der Waals surface area contributed by atoms with Gasteiger partial charge >= 0.3 is 5.97 Å². The van der Waals surface area contributed by atoms with Crippen molar-refractivity contribution in [2.24, 2.45) is 0 Å². The minimum atomic E-state index is -1.08. The quantitative estimate of drug-likeness (QED) is 0.769. The minimum Gasteiger partial charge on any atom is -0.478 e. The van der Waals surface area contributed by atoms with E-state index in [0.717, 1.165) is 18.4 Å². The van der Waals surface area contributed by atoms with Crippen molar-refractivity contribution in [2.75, 3.05) is 5.32 Å². The molecule has 2 N–H and O–H groups in total. The molecule has 1 aliphatic rings. The number of nitrogens with zero attached hydrogens (tertiary/aromatic N) is 2. The summed E-state index contributed by atoms with van der Waals surface area (Å²) >= 11 is 0. The van der Waals surface area contributed by atoms with Gasteiger partial charge in [-0.3, -0.25) is 0 Å². The molecule has 0 spiro atoms. The highest BCUT2D eigenvalue weighted by Gasteiger charge is 2.24. The lowest BCUT2D eigenvalue weighted by Gasteiger charge is -2.13. The largest absolute Gasteiger partial charge is 0.478 e. The van der Waals surface area contributed by atoms with Crippen LogP contribution in [0.2, 0.25) is 0 Å². The Hall–Kier alpha value is -2.89. The van der Waals surface area contributed by atoms with E-state index in [4.69, 9.17) is 0 Å². The zero-order valence-corrected chi connectivity index (χ0v) is 12.2. The van der Waals surface area contributed by atoms with Crippen molar-refractivity contribution in [1.82, 2.24) is 9.38 Å². The van der Waals surface area contributed by atoms with E-state index in [9.17, 15) is 14.3 Å². The molecule has 23 heavy (non-hydrogen) atoms. The number of aromatic nitrogens is 2. The van der Waals surface area contributed by atoms with Crippen LogP contribution < -0.4 is 5.32 Å². The molecule has 1 aliphatic carbocycles. The second kappa shape index (κ2) is 5.08. The summed E-state index contributed by atoms with van der Waals surface area (Å²) in [6, 6.07) is 6.54. The van der Waals surface area contributed by atoms with Crippen molar-refractivity contribution < 1.29 is 14.3 Å². The highest BCUT2D eigenvalue weighted by molar-refractivity contribution is 5.99. The van der Waals surface area contributed by atoms with Crippen LogP contribution in [-0.2, 0) is 0 Å². The van der Waals surface area contributed by atoms with Gasteiger partial charge in [-0.25, -0.2) is 14.2 Å². The third-order valence-electron chi connectivity index (χ3n) is 4.13. The number of benzene rings is 1. The molecule has 1 aromatic carbocycles. The van der Waals surface area contributed by atoms with Crippen molar-refractivity contribution in [3.63, 3.8) is 0 Å². The first kappa shape index (κ1) is 13.8. The fourth-order valence-electron chi connectivity index (χ4n) is 2.74. The van der Waals surface area contributed by atoms with Crippen LogP contribution in [-0.4, -0.2) is 20.5 Å². The van der Waals surface area contributed by atoms with Crippen LogP contribution in [0.4, 0.5) is 15.8 Å². The number of hydrogen-bond acceptors (Lipinski definition) is 3. The number of fused-ring (bicyclic) bond motifs is 1. The summed E-state index contributed by atoms with van der Waals surface area (Å²) in [5.74, 6) is -0.996. The molecule has 2 heterocycles. The lowest BCUT2D eigenvalue weighted by molar-refractivity contribution is 0.0698. The molecule has 0 amide bonds. The van der Waals surface area contributed by atoms with Gasteiger partial charge in [-0.15, -0.1) is 0 Å². The Labute approximate surface area is 131 Å². The summed E-state index contributed by atoms with van der Waals surface area (Å²) in [4.78, 5) is 15.5.